The molecule has 0 amide bonds. The Bertz CT molecular complexity index is 217. The van der Waals surface area contributed by atoms with Crippen LogP contribution in [-0.4, -0.2) is 12.4 Å². The Kier molecular flexibility index (Phi) is 4.18. The van der Waals surface area contributed by atoms with E-state index in [0.717, 1.165) is 24.2 Å². The largest absolute Gasteiger partial charge is 0.387 e. The number of aliphatic imine (C=N–C) groups is 1. The first-order chi connectivity index (χ1) is 6.89. The summed E-state index contributed by atoms with van der Waals surface area (Å²) in [6, 6.07) is 0. The molecule has 0 aromatic heterocycles. The second kappa shape index (κ2) is 5.00. The second-order valence-electron chi connectivity index (χ2n) is 6.10. The van der Waals surface area contributed by atoms with Crippen molar-refractivity contribution in [2.45, 2.75) is 53.4 Å². The smallest absolute Gasteiger partial charge is 0.0991 e. The molecule has 2 nitrogen and oxygen atoms in total. The summed E-state index contributed by atoms with van der Waals surface area (Å²) in [5.74, 6) is 2.51. The minimum absolute atomic E-state index is 0.0297. The van der Waals surface area contributed by atoms with Gasteiger partial charge in [0.2, 0.25) is 0 Å². The third-order valence-corrected chi connectivity index (χ3v) is 3.42. The van der Waals surface area contributed by atoms with Gasteiger partial charge in [-0.3, -0.25) is 4.99 Å². The van der Waals surface area contributed by atoms with Gasteiger partial charge >= 0.3 is 0 Å². The zero-order chi connectivity index (χ0) is 11.5. The molecule has 0 spiro atoms. The molecule has 2 N–H and O–H groups in total. The van der Waals surface area contributed by atoms with E-state index in [4.69, 9.17) is 5.73 Å². The molecule has 0 aromatic rings. The average molecular weight is 210 g/mol. The van der Waals surface area contributed by atoms with Gasteiger partial charge in [-0.2, -0.15) is 0 Å². The first-order valence-corrected chi connectivity index (χ1v) is 6.20. The predicted octanol–water partition coefficient (Wildman–Crippen LogP) is 3.22. The number of nitrogens with two attached hydrogens (primary N) is 1. The van der Waals surface area contributed by atoms with Gasteiger partial charge in [-0.25, -0.2) is 0 Å². The molecule has 0 radical (unpaired) electrons. The summed E-state index contributed by atoms with van der Waals surface area (Å²) >= 11 is 0. The van der Waals surface area contributed by atoms with E-state index >= 15 is 0 Å². The Morgan fingerprint density at radius 3 is 2.20 bits per heavy atom. The molecule has 1 aliphatic rings. The first-order valence-electron chi connectivity index (χ1n) is 6.20. The summed E-state index contributed by atoms with van der Waals surface area (Å²) in [6.07, 6.45) is 5.41. The number of nitrogens with zero attached hydrogens (tertiary/aromatic N) is 1. The van der Waals surface area contributed by atoms with Crippen molar-refractivity contribution in [3.63, 3.8) is 0 Å². The fourth-order valence-corrected chi connectivity index (χ4v) is 1.98. The highest BCUT2D eigenvalue weighted by molar-refractivity contribution is 5.85. The molecule has 1 rings (SSSR count). The molecular formula is C13H26N2. The average Bonchev–Trinajstić information content (AvgIpc) is 2.15. The highest BCUT2D eigenvalue weighted by atomic mass is 14.9. The van der Waals surface area contributed by atoms with E-state index in [-0.39, 0.29) is 5.41 Å². The minimum atomic E-state index is 0.0297. The third kappa shape index (κ3) is 4.23. The van der Waals surface area contributed by atoms with E-state index in [1.807, 2.05) is 0 Å². The molecule has 0 aliphatic heterocycles. The van der Waals surface area contributed by atoms with Crippen LogP contribution < -0.4 is 5.73 Å². The summed E-state index contributed by atoms with van der Waals surface area (Å²) in [6.45, 7) is 9.65. The number of amidine groups is 1. The van der Waals surface area contributed by atoms with Gasteiger partial charge in [0.25, 0.3) is 0 Å². The number of hydrogen-bond donors (Lipinski definition) is 1. The SMILES string of the molecule is CC1CCC(CN=C(N)C(C)(C)C)CC1. The minimum Gasteiger partial charge on any atom is -0.387 e. The highest BCUT2D eigenvalue weighted by Crippen LogP contribution is 2.28. The Hall–Kier alpha value is -0.530. The molecule has 1 fully saturated rings. The highest BCUT2D eigenvalue weighted by Gasteiger charge is 2.19. The van der Waals surface area contributed by atoms with Crippen LogP contribution >= 0.6 is 0 Å². The van der Waals surface area contributed by atoms with E-state index in [9.17, 15) is 0 Å². The molecular weight excluding hydrogens is 184 g/mol. The maximum Gasteiger partial charge on any atom is 0.0991 e. The van der Waals surface area contributed by atoms with E-state index in [1.165, 1.54) is 25.7 Å². The quantitative estimate of drug-likeness (QED) is 0.551. The van der Waals surface area contributed by atoms with Crippen LogP contribution in [0.1, 0.15) is 53.4 Å². The lowest BCUT2D eigenvalue weighted by atomic mass is 9.83. The van der Waals surface area contributed by atoms with Gasteiger partial charge in [-0.05, 0) is 24.7 Å². The molecule has 0 saturated heterocycles. The molecule has 1 saturated carbocycles. The fraction of sp³-hybridized carbons (Fsp3) is 0.923. The normalized spacial score (nSPS) is 29.2. The molecule has 2 heteroatoms. The lowest BCUT2D eigenvalue weighted by Gasteiger charge is -2.25. The van der Waals surface area contributed by atoms with Gasteiger partial charge in [-0.15, -0.1) is 0 Å². The van der Waals surface area contributed by atoms with Crippen molar-refractivity contribution in [2.75, 3.05) is 6.54 Å². The molecule has 15 heavy (non-hydrogen) atoms. The van der Waals surface area contributed by atoms with Crippen LogP contribution in [0.3, 0.4) is 0 Å². The van der Waals surface area contributed by atoms with Crippen molar-refractivity contribution in [2.24, 2.45) is 28.0 Å². The van der Waals surface area contributed by atoms with Crippen LogP contribution in [0.2, 0.25) is 0 Å². The Balaban J connectivity index is 2.37. The van der Waals surface area contributed by atoms with Gasteiger partial charge in [0, 0.05) is 12.0 Å². The molecule has 88 valence electrons. The molecule has 0 aromatic carbocycles. The molecule has 0 heterocycles. The van der Waals surface area contributed by atoms with Crippen LogP contribution in [0.5, 0.6) is 0 Å². The van der Waals surface area contributed by atoms with Crippen molar-refractivity contribution in [3.8, 4) is 0 Å². The summed E-state index contributed by atoms with van der Waals surface area (Å²) in [4.78, 5) is 4.54. The fourth-order valence-electron chi connectivity index (χ4n) is 1.98. The predicted molar refractivity (Wildman–Crippen MR) is 67.1 cm³/mol. The topological polar surface area (TPSA) is 38.4 Å². The van der Waals surface area contributed by atoms with Crippen LogP contribution in [0.25, 0.3) is 0 Å². The molecule has 1 aliphatic carbocycles. The Labute approximate surface area is 94.3 Å². The van der Waals surface area contributed by atoms with E-state index in [2.05, 4.69) is 32.7 Å². The van der Waals surface area contributed by atoms with Crippen LogP contribution in [0.4, 0.5) is 0 Å². The van der Waals surface area contributed by atoms with Crippen LogP contribution in [-0.2, 0) is 0 Å². The first kappa shape index (κ1) is 12.5. The van der Waals surface area contributed by atoms with E-state index in [0.29, 0.717) is 0 Å². The van der Waals surface area contributed by atoms with Crippen molar-refractivity contribution in [3.05, 3.63) is 0 Å². The zero-order valence-corrected chi connectivity index (χ0v) is 10.7. The second-order valence-corrected chi connectivity index (χ2v) is 6.10. The lowest BCUT2D eigenvalue weighted by molar-refractivity contribution is 0.296. The van der Waals surface area contributed by atoms with Gasteiger partial charge in [0.1, 0.15) is 0 Å². The molecule has 0 unspecified atom stereocenters. The van der Waals surface area contributed by atoms with Crippen molar-refractivity contribution >= 4 is 5.84 Å². The lowest BCUT2D eigenvalue weighted by Crippen LogP contribution is -2.30. The summed E-state index contributed by atoms with van der Waals surface area (Å²) < 4.78 is 0. The Morgan fingerprint density at radius 1 is 1.20 bits per heavy atom. The number of hydrogen-bond acceptors (Lipinski definition) is 1. The van der Waals surface area contributed by atoms with Gasteiger partial charge in [0.05, 0.1) is 5.84 Å². The van der Waals surface area contributed by atoms with Crippen molar-refractivity contribution < 1.29 is 0 Å². The maximum absolute atomic E-state index is 5.95. The standard InChI is InChI=1S/C13H26N2/c1-10-5-7-11(8-6-10)9-15-12(14)13(2,3)4/h10-11H,5-9H2,1-4H3,(H2,14,15). The van der Waals surface area contributed by atoms with Gasteiger partial charge in [0.15, 0.2) is 0 Å². The van der Waals surface area contributed by atoms with Crippen molar-refractivity contribution in [1.29, 1.82) is 0 Å². The third-order valence-electron chi connectivity index (χ3n) is 3.42. The van der Waals surface area contributed by atoms with E-state index < -0.39 is 0 Å². The molecule has 0 atom stereocenters. The van der Waals surface area contributed by atoms with Gasteiger partial charge in [-0.1, -0.05) is 40.5 Å². The molecule has 0 bridgehead atoms. The summed E-state index contributed by atoms with van der Waals surface area (Å²) in [5.41, 5.74) is 5.97. The maximum atomic E-state index is 5.95. The Morgan fingerprint density at radius 2 is 1.73 bits per heavy atom. The van der Waals surface area contributed by atoms with Crippen molar-refractivity contribution in [1.82, 2.24) is 0 Å². The zero-order valence-electron chi connectivity index (χ0n) is 10.7. The van der Waals surface area contributed by atoms with Crippen LogP contribution in [0.15, 0.2) is 4.99 Å². The monoisotopic (exact) mass is 210 g/mol. The van der Waals surface area contributed by atoms with Gasteiger partial charge < -0.3 is 5.73 Å². The number of rotatable bonds is 2. The van der Waals surface area contributed by atoms with Crippen LogP contribution in [0, 0.1) is 17.3 Å². The summed E-state index contributed by atoms with van der Waals surface area (Å²) in [5, 5.41) is 0. The van der Waals surface area contributed by atoms with E-state index in [1.54, 1.807) is 0 Å². The summed E-state index contributed by atoms with van der Waals surface area (Å²) in [7, 11) is 0.